The number of methoxy groups -OCH3 is 1. The molecule has 1 N–H and O–H groups in total. The van der Waals surface area contributed by atoms with Crippen LogP contribution < -0.4 is 10.2 Å². The third-order valence-corrected chi connectivity index (χ3v) is 7.93. The fourth-order valence-electron chi connectivity index (χ4n) is 5.73. The van der Waals surface area contributed by atoms with Crippen molar-refractivity contribution in [3.63, 3.8) is 0 Å². The van der Waals surface area contributed by atoms with Gasteiger partial charge in [0.25, 0.3) is 0 Å². The molecule has 0 bridgehead atoms. The Morgan fingerprint density at radius 1 is 0.953 bits per heavy atom. The van der Waals surface area contributed by atoms with E-state index in [9.17, 15) is 14.4 Å². The molecule has 43 heavy (non-hydrogen) atoms. The number of rotatable bonds is 8. The fraction of sp³-hybridized carbons (Fsp3) is 0.273. The highest BCUT2D eigenvalue weighted by molar-refractivity contribution is 6.02. The maximum Gasteiger partial charge on any atom is 0.337 e. The van der Waals surface area contributed by atoms with Gasteiger partial charge in [-0.25, -0.2) is 9.48 Å². The lowest BCUT2D eigenvalue weighted by Crippen LogP contribution is -2.48. The summed E-state index contributed by atoms with van der Waals surface area (Å²) in [4.78, 5) is 46.9. The van der Waals surface area contributed by atoms with Crippen molar-refractivity contribution < 1.29 is 19.1 Å². The van der Waals surface area contributed by atoms with Crippen LogP contribution in [0.1, 0.15) is 54.1 Å². The van der Waals surface area contributed by atoms with Crippen LogP contribution in [0.2, 0.25) is 0 Å². The lowest BCUT2D eigenvalue weighted by Gasteiger charge is -2.33. The first-order valence-corrected chi connectivity index (χ1v) is 14.5. The molecule has 1 saturated carbocycles. The molecule has 2 aromatic heterocycles. The van der Waals surface area contributed by atoms with Crippen molar-refractivity contribution in [1.82, 2.24) is 25.3 Å². The Hall–Kier alpha value is -5.12. The maximum absolute atomic E-state index is 14.4. The van der Waals surface area contributed by atoms with Crippen molar-refractivity contribution in [3.05, 3.63) is 96.2 Å². The molecule has 0 spiro atoms. The summed E-state index contributed by atoms with van der Waals surface area (Å²) in [5, 5.41) is 12.5. The Bertz CT molecular complexity index is 1780. The standard InChI is InChI=1S/C33H32N6O4/c1-43-33(42)23-17-15-22(16-18-23)31(32(41)35-25-10-3-2-4-11-25)39(26-19-24-9-5-6-12-27(24)34-20-26)30(40)21-38-29-14-8-7-13-28(29)36-37-38/h5-9,12-20,25,31H,2-4,10-11,21H2,1H3,(H,35,41)/t31-/m0/s1. The van der Waals surface area contributed by atoms with Gasteiger partial charge in [0.05, 0.1) is 35.6 Å². The molecule has 3 aromatic carbocycles. The summed E-state index contributed by atoms with van der Waals surface area (Å²) < 4.78 is 6.41. The summed E-state index contributed by atoms with van der Waals surface area (Å²) in [7, 11) is 1.32. The second-order valence-corrected chi connectivity index (χ2v) is 10.7. The zero-order valence-electron chi connectivity index (χ0n) is 23.8. The van der Waals surface area contributed by atoms with Crippen LogP contribution in [0.4, 0.5) is 5.69 Å². The first-order chi connectivity index (χ1) is 21.0. The highest BCUT2D eigenvalue weighted by atomic mass is 16.5. The molecule has 1 atom stereocenters. The SMILES string of the molecule is COC(=O)c1ccc([C@@H](C(=O)NC2CCCCC2)N(C(=O)Cn2nnc3ccccc32)c2cnc3ccccc3c2)cc1. The van der Waals surface area contributed by atoms with Crippen molar-refractivity contribution in [2.75, 3.05) is 12.0 Å². The van der Waals surface area contributed by atoms with E-state index in [0.29, 0.717) is 27.8 Å². The molecule has 2 heterocycles. The van der Waals surface area contributed by atoms with Gasteiger partial charge < -0.3 is 10.1 Å². The molecule has 218 valence electrons. The Morgan fingerprint density at radius 3 is 2.44 bits per heavy atom. The normalized spacial score (nSPS) is 14.3. The summed E-state index contributed by atoms with van der Waals surface area (Å²) in [5.41, 5.74) is 3.50. The number of benzene rings is 3. The number of amides is 2. The van der Waals surface area contributed by atoms with Crippen molar-refractivity contribution in [3.8, 4) is 0 Å². The number of pyridine rings is 1. The van der Waals surface area contributed by atoms with Gasteiger partial charge in [0, 0.05) is 11.4 Å². The quantitative estimate of drug-likeness (QED) is 0.259. The van der Waals surface area contributed by atoms with Gasteiger partial charge in [0.1, 0.15) is 18.1 Å². The predicted molar refractivity (Wildman–Crippen MR) is 162 cm³/mol. The Morgan fingerprint density at radius 2 is 1.67 bits per heavy atom. The van der Waals surface area contributed by atoms with Gasteiger partial charge in [-0.3, -0.25) is 19.5 Å². The number of fused-ring (bicyclic) bond motifs is 2. The van der Waals surface area contributed by atoms with Crippen LogP contribution in [0, 0.1) is 0 Å². The van der Waals surface area contributed by atoms with E-state index >= 15 is 0 Å². The Balaban J connectivity index is 1.45. The smallest absolute Gasteiger partial charge is 0.337 e. The second kappa shape index (κ2) is 12.4. The topological polar surface area (TPSA) is 119 Å². The minimum absolute atomic E-state index is 0.0176. The van der Waals surface area contributed by atoms with Crippen molar-refractivity contribution in [1.29, 1.82) is 0 Å². The fourth-order valence-corrected chi connectivity index (χ4v) is 5.73. The van der Waals surface area contributed by atoms with E-state index < -0.39 is 12.0 Å². The summed E-state index contributed by atoms with van der Waals surface area (Å²) in [5.74, 6) is -1.16. The molecule has 10 heteroatoms. The van der Waals surface area contributed by atoms with Gasteiger partial charge in [-0.2, -0.15) is 0 Å². The van der Waals surface area contributed by atoms with Crippen molar-refractivity contribution in [2.45, 2.75) is 50.7 Å². The van der Waals surface area contributed by atoms with Crippen LogP contribution in [-0.2, 0) is 20.9 Å². The Kier molecular flexibility index (Phi) is 8.08. The van der Waals surface area contributed by atoms with Crippen LogP contribution >= 0.6 is 0 Å². The third-order valence-electron chi connectivity index (χ3n) is 7.93. The highest BCUT2D eigenvalue weighted by Gasteiger charge is 2.35. The number of esters is 1. The van der Waals surface area contributed by atoms with Gasteiger partial charge in [-0.15, -0.1) is 5.10 Å². The molecule has 1 aliphatic rings. The zero-order valence-corrected chi connectivity index (χ0v) is 23.8. The maximum atomic E-state index is 14.4. The number of aromatic nitrogens is 4. The number of carbonyl (C=O) groups is 3. The molecule has 10 nitrogen and oxygen atoms in total. The lowest BCUT2D eigenvalue weighted by molar-refractivity contribution is -0.127. The van der Waals surface area contributed by atoms with Gasteiger partial charge in [0.15, 0.2) is 0 Å². The molecule has 6 rings (SSSR count). The Labute approximate surface area is 248 Å². The van der Waals surface area contributed by atoms with E-state index in [1.54, 1.807) is 30.5 Å². The van der Waals surface area contributed by atoms with E-state index in [4.69, 9.17) is 4.74 Å². The van der Waals surface area contributed by atoms with Gasteiger partial charge in [-0.05, 0) is 54.8 Å². The number of nitrogens with zero attached hydrogens (tertiary/aromatic N) is 5. The molecule has 5 aromatic rings. The van der Waals surface area contributed by atoms with E-state index in [1.807, 2.05) is 54.6 Å². The first kappa shape index (κ1) is 28.0. The summed E-state index contributed by atoms with van der Waals surface area (Å²) >= 11 is 0. The average Bonchev–Trinajstić information content (AvgIpc) is 3.46. The van der Waals surface area contributed by atoms with E-state index in [2.05, 4.69) is 20.6 Å². The number of hydrogen-bond donors (Lipinski definition) is 1. The van der Waals surface area contributed by atoms with E-state index in [-0.39, 0.29) is 24.4 Å². The third kappa shape index (κ3) is 5.94. The highest BCUT2D eigenvalue weighted by Crippen LogP contribution is 2.31. The predicted octanol–water partition coefficient (Wildman–Crippen LogP) is 4.99. The number of hydrogen-bond acceptors (Lipinski definition) is 7. The largest absolute Gasteiger partial charge is 0.465 e. The van der Waals surface area contributed by atoms with Crippen molar-refractivity contribution in [2.24, 2.45) is 0 Å². The molecule has 0 unspecified atom stereocenters. The monoisotopic (exact) mass is 576 g/mol. The molecule has 2 amide bonds. The minimum Gasteiger partial charge on any atom is -0.465 e. The van der Waals surface area contributed by atoms with Gasteiger partial charge >= 0.3 is 5.97 Å². The average molecular weight is 577 g/mol. The van der Waals surface area contributed by atoms with Crippen LogP contribution in [0.25, 0.3) is 21.9 Å². The molecule has 1 fully saturated rings. The number of ether oxygens (including phenoxy) is 1. The number of anilines is 1. The van der Waals surface area contributed by atoms with Crippen LogP contribution in [0.3, 0.4) is 0 Å². The molecule has 1 aliphatic carbocycles. The summed E-state index contributed by atoms with van der Waals surface area (Å²) in [6.45, 7) is -0.152. The summed E-state index contributed by atoms with van der Waals surface area (Å²) in [6, 6.07) is 22.5. The molecule has 0 saturated heterocycles. The second-order valence-electron chi connectivity index (χ2n) is 10.7. The molecular weight excluding hydrogens is 544 g/mol. The zero-order chi connectivity index (χ0) is 29.8. The lowest BCUT2D eigenvalue weighted by atomic mass is 9.94. The number of nitrogens with one attached hydrogen (secondary N) is 1. The summed E-state index contributed by atoms with van der Waals surface area (Å²) in [6.07, 6.45) is 6.61. The van der Waals surface area contributed by atoms with Crippen LogP contribution in [0.15, 0.2) is 85.1 Å². The van der Waals surface area contributed by atoms with Gasteiger partial charge in [0.2, 0.25) is 11.8 Å². The molecular formula is C33H32N6O4. The van der Waals surface area contributed by atoms with Crippen molar-refractivity contribution >= 4 is 45.4 Å². The van der Waals surface area contributed by atoms with Crippen LogP contribution in [0.5, 0.6) is 0 Å². The minimum atomic E-state index is -1.04. The number of para-hydroxylation sites is 2. The molecule has 0 aliphatic heterocycles. The van der Waals surface area contributed by atoms with Crippen LogP contribution in [-0.4, -0.2) is 50.9 Å². The first-order valence-electron chi connectivity index (χ1n) is 14.5. The van der Waals surface area contributed by atoms with E-state index in [0.717, 1.165) is 43.0 Å². The molecule has 0 radical (unpaired) electrons. The number of carbonyl (C=O) groups excluding carboxylic acids is 3. The van der Waals surface area contributed by atoms with Gasteiger partial charge in [-0.1, -0.05) is 66.9 Å². The van der Waals surface area contributed by atoms with E-state index in [1.165, 1.54) is 16.7 Å².